The van der Waals surface area contributed by atoms with Gasteiger partial charge in [0.25, 0.3) is 5.56 Å². The summed E-state index contributed by atoms with van der Waals surface area (Å²) in [7, 11) is 0. The molecule has 1 aliphatic rings. The molecule has 6 nitrogen and oxygen atoms in total. The summed E-state index contributed by atoms with van der Waals surface area (Å²) in [6, 6.07) is 8.11. The highest BCUT2D eigenvalue weighted by molar-refractivity contribution is 7.71. The van der Waals surface area contributed by atoms with Crippen LogP contribution in [0.25, 0.3) is 16.7 Å². The van der Waals surface area contributed by atoms with Gasteiger partial charge < -0.3 is 4.90 Å². The van der Waals surface area contributed by atoms with Crippen LogP contribution in [0.5, 0.6) is 0 Å². The predicted octanol–water partition coefficient (Wildman–Crippen LogP) is 3.64. The molecule has 3 heterocycles. The maximum absolute atomic E-state index is 12.8. The average molecular weight is 382 g/mol. The second kappa shape index (κ2) is 7.23. The quantitative estimate of drug-likeness (QED) is 0.702. The molecule has 0 aliphatic carbocycles. The van der Waals surface area contributed by atoms with E-state index in [-0.39, 0.29) is 5.56 Å². The van der Waals surface area contributed by atoms with Crippen LogP contribution in [-0.2, 0) is 6.42 Å². The molecule has 2 aromatic heterocycles. The van der Waals surface area contributed by atoms with Gasteiger partial charge in [0.15, 0.2) is 5.65 Å². The molecule has 7 heteroatoms. The normalized spacial score (nSPS) is 15.4. The molecule has 1 N–H and O–H groups in total. The molecule has 1 aliphatic heterocycles. The fourth-order valence-electron chi connectivity index (χ4n) is 3.47. The number of anilines is 1. The Morgan fingerprint density at radius 1 is 1.22 bits per heavy atom. The number of nitrogens with zero attached hydrogens (tertiary/aromatic N) is 4. The molecule has 0 unspecified atom stereocenters. The van der Waals surface area contributed by atoms with Crippen LogP contribution in [0.2, 0.25) is 0 Å². The van der Waals surface area contributed by atoms with Crippen LogP contribution in [0.15, 0.2) is 35.4 Å². The van der Waals surface area contributed by atoms with Crippen molar-refractivity contribution in [1.29, 1.82) is 0 Å². The number of aromatic nitrogens is 4. The van der Waals surface area contributed by atoms with E-state index >= 15 is 0 Å². The zero-order valence-corrected chi connectivity index (χ0v) is 16.4. The Morgan fingerprint density at radius 3 is 2.59 bits per heavy atom. The summed E-state index contributed by atoms with van der Waals surface area (Å²) in [4.78, 5) is 26.8. The molecule has 4 rings (SSSR count). The highest BCUT2D eigenvalue weighted by atomic mass is 32.1. The van der Waals surface area contributed by atoms with Gasteiger partial charge in [-0.15, -0.1) is 0 Å². The molecule has 0 amide bonds. The third-order valence-electron chi connectivity index (χ3n) is 5.32. The summed E-state index contributed by atoms with van der Waals surface area (Å²) in [5, 5.41) is 0.362. The molecule has 27 heavy (non-hydrogen) atoms. The Labute approximate surface area is 162 Å². The first-order valence-electron chi connectivity index (χ1n) is 9.42. The number of rotatable bonds is 3. The molecule has 0 atom stereocenters. The Hall–Kier alpha value is -2.54. The smallest absolute Gasteiger partial charge is 0.264 e. The van der Waals surface area contributed by atoms with E-state index in [0.717, 1.165) is 38.0 Å². The molecular weight excluding hydrogens is 358 g/mol. The highest BCUT2D eigenvalue weighted by Crippen LogP contribution is 2.21. The fourth-order valence-corrected chi connectivity index (χ4v) is 3.80. The lowest BCUT2D eigenvalue weighted by atomic mass is 10.00. The topological polar surface area (TPSA) is 66.8 Å². The minimum absolute atomic E-state index is 0.231. The Balaban J connectivity index is 1.77. The van der Waals surface area contributed by atoms with Gasteiger partial charge in [-0.3, -0.25) is 14.3 Å². The van der Waals surface area contributed by atoms with Crippen LogP contribution >= 0.6 is 12.2 Å². The van der Waals surface area contributed by atoms with E-state index in [2.05, 4.69) is 45.8 Å². The first-order valence-corrected chi connectivity index (χ1v) is 9.83. The SMILES string of the molecule is CCc1ccc(-n2cnc3nc(N4CCC(C)CC4)[nH]c(=O)c3c2=S)cc1. The minimum Gasteiger partial charge on any atom is -0.342 e. The number of aryl methyl sites for hydroxylation is 1. The number of benzene rings is 1. The van der Waals surface area contributed by atoms with E-state index in [9.17, 15) is 4.79 Å². The number of piperidine rings is 1. The van der Waals surface area contributed by atoms with Crippen LogP contribution in [0.3, 0.4) is 0 Å². The Morgan fingerprint density at radius 2 is 1.93 bits per heavy atom. The van der Waals surface area contributed by atoms with Crippen molar-refractivity contribution in [2.24, 2.45) is 5.92 Å². The van der Waals surface area contributed by atoms with Crippen molar-refractivity contribution >= 4 is 29.2 Å². The van der Waals surface area contributed by atoms with Crippen molar-refractivity contribution < 1.29 is 0 Å². The number of aromatic amines is 1. The van der Waals surface area contributed by atoms with Crippen LogP contribution in [0.4, 0.5) is 5.95 Å². The van der Waals surface area contributed by atoms with Crippen molar-refractivity contribution in [2.75, 3.05) is 18.0 Å². The van der Waals surface area contributed by atoms with Crippen molar-refractivity contribution in [3.05, 3.63) is 51.2 Å². The average Bonchev–Trinajstić information content (AvgIpc) is 2.68. The molecule has 1 fully saturated rings. The highest BCUT2D eigenvalue weighted by Gasteiger charge is 2.19. The van der Waals surface area contributed by atoms with E-state index in [1.54, 1.807) is 10.9 Å². The standard InChI is InChI=1S/C20H23N5OS/c1-3-14-4-6-15(7-5-14)25-12-21-17-16(19(25)27)18(26)23-20(22-17)24-10-8-13(2)9-11-24/h4-7,12-13H,3,8-11H2,1-2H3,(H,22,23,26). The largest absolute Gasteiger partial charge is 0.342 e. The van der Waals surface area contributed by atoms with E-state index in [4.69, 9.17) is 12.2 Å². The third-order valence-corrected chi connectivity index (χ3v) is 5.72. The molecule has 0 spiro atoms. The van der Waals surface area contributed by atoms with Gasteiger partial charge in [-0.1, -0.05) is 38.2 Å². The maximum Gasteiger partial charge on any atom is 0.264 e. The lowest BCUT2D eigenvalue weighted by Crippen LogP contribution is -2.35. The van der Waals surface area contributed by atoms with E-state index in [0.29, 0.717) is 27.5 Å². The van der Waals surface area contributed by atoms with Crippen molar-refractivity contribution in [1.82, 2.24) is 19.5 Å². The third kappa shape index (κ3) is 3.39. The lowest BCUT2D eigenvalue weighted by molar-refractivity contribution is 0.434. The van der Waals surface area contributed by atoms with Crippen LogP contribution in [-0.4, -0.2) is 32.6 Å². The molecule has 0 bridgehead atoms. The molecule has 0 radical (unpaired) electrons. The van der Waals surface area contributed by atoms with Gasteiger partial charge in [-0.05, 0) is 42.9 Å². The van der Waals surface area contributed by atoms with E-state index < -0.39 is 0 Å². The van der Waals surface area contributed by atoms with Gasteiger partial charge in [0.1, 0.15) is 16.4 Å². The van der Waals surface area contributed by atoms with Crippen molar-refractivity contribution in [3.63, 3.8) is 0 Å². The Bertz CT molecular complexity index is 1080. The summed E-state index contributed by atoms with van der Waals surface area (Å²) >= 11 is 5.59. The lowest BCUT2D eigenvalue weighted by Gasteiger charge is -2.30. The molecule has 1 saturated heterocycles. The van der Waals surface area contributed by atoms with Crippen molar-refractivity contribution in [3.8, 4) is 5.69 Å². The summed E-state index contributed by atoms with van der Waals surface area (Å²) in [5.74, 6) is 1.30. The number of fused-ring (bicyclic) bond motifs is 1. The summed E-state index contributed by atoms with van der Waals surface area (Å²) in [5.41, 5.74) is 2.31. The van der Waals surface area contributed by atoms with Crippen LogP contribution in [0, 0.1) is 10.6 Å². The molecule has 3 aromatic rings. The number of hydrogen-bond donors (Lipinski definition) is 1. The monoisotopic (exact) mass is 381 g/mol. The number of hydrogen-bond acceptors (Lipinski definition) is 5. The van der Waals surface area contributed by atoms with E-state index in [1.807, 2.05) is 12.1 Å². The van der Waals surface area contributed by atoms with Crippen molar-refractivity contribution in [2.45, 2.75) is 33.1 Å². The van der Waals surface area contributed by atoms with Gasteiger partial charge in [0.05, 0.1) is 0 Å². The minimum atomic E-state index is -0.231. The summed E-state index contributed by atoms with van der Waals surface area (Å²) in [6.45, 7) is 6.16. The predicted molar refractivity (Wildman–Crippen MR) is 110 cm³/mol. The van der Waals surface area contributed by atoms with E-state index in [1.165, 1.54) is 5.56 Å². The number of H-pyrrole nitrogens is 1. The fraction of sp³-hybridized carbons (Fsp3) is 0.400. The summed E-state index contributed by atoms with van der Waals surface area (Å²) < 4.78 is 2.19. The second-order valence-corrected chi connectivity index (χ2v) is 7.58. The molecule has 140 valence electrons. The molecular formula is C20H23N5OS. The van der Waals surface area contributed by atoms with Gasteiger partial charge in [-0.25, -0.2) is 4.98 Å². The summed E-state index contributed by atoms with van der Waals surface area (Å²) in [6.07, 6.45) is 4.83. The van der Waals surface area contributed by atoms with Gasteiger partial charge >= 0.3 is 0 Å². The van der Waals surface area contributed by atoms with Gasteiger partial charge in [-0.2, -0.15) is 4.98 Å². The maximum atomic E-state index is 12.8. The van der Waals surface area contributed by atoms with Gasteiger partial charge in [0, 0.05) is 18.8 Å². The first kappa shape index (κ1) is 17.9. The van der Waals surface area contributed by atoms with Gasteiger partial charge in [0.2, 0.25) is 5.95 Å². The zero-order chi connectivity index (χ0) is 19.0. The molecule has 0 saturated carbocycles. The Kier molecular flexibility index (Phi) is 4.78. The van der Waals surface area contributed by atoms with Crippen LogP contribution in [0.1, 0.15) is 32.3 Å². The zero-order valence-electron chi connectivity index (χ0n) is 15.6. The number of nitrogens with one attached hydrogen (secondary N) is 1. The molecule has 1 aromatic carbocycles. The first-order chi connectivity index (χ1) is 13.1. The second-order valence-electron chi connectivity index (χ2n) is 7.20. The van der Waals surface area contributed by atoms with Crippen LogP contribution < -0.4 is 10.5 Å².